The quantitative estimate of drug-likeness (QED) is 0.744. The minimum atomic E-state index is -0.275. The van der Waals surface area contributed by atoms with Gasteiger partial charge in [-0.15, -0.1) is 0 Å². The third-order valence-corrected chi connectivity index (χ3v) is 2.31. The van der Waals surface area contributed by atoms with E-state index in [1.54, 1.807) is 6.20 Å². The monoisotopic (exact) mass is 252 g/mol. The van der Waals surface area contributed by atoms with Gasteiger partial charge in [0, 0.05) is 19.2 Å². The van der Waals surface area contributed by atoms with Gasteiger partial charge in [0.1, 0.15) is 6.54 Å². The van der Waals surface area contributed by atoms with E-state index in [2.05, 4.69) is 15.7 Å². The molecule has 100 valence electrons. The zero-order chi connectivity index (χ0) is 13.4. The molecule has 0 bridgehead atoms. The summed E-state index contributed by atoms with van der Waals surface area (Å²) in [7, 11) is 0. The Morgan fingerprint density at radius 1 is 1.33 bits per heavy atom. The molecule has 0 aliphatic carbocycles. The number of hydrogen-bond acceptors (Lipinski definition) is 4. The first-order chi connectivity index (χ1) is 8.67. The Kier molecular flexibility index (Phi) is 5.90. The molecule has 0 aliphatic heterocycles. The second-order valence-electron chi connectivity index (χ2n) is 4.02. The van der Waals surface area contributed by atoms with Crippen LogP contribution in [0.3, 0.4) is 0 Å². The van der Waals surface area contributed by atoms with E-state index in [0.717, 1.165) is 24.1 Å². The van der Waals surface area contributed by atoms with Crippen molar-refractivity contribution in [3.63, 3.8) is 0 Å². The van der Waals surface area contributed by atoms with Crippen molar-refractivity contribution in [1.82, 2.24) is 15.1 Å². The number of anilines is 1. The lowest BCUT2D eigenvalue weighted by molar-refractivity contribution is -0.121. The van der Waals surface area contributed by atoms with Crippen LogP contribution in [0.1, 0.15) is 26.7 Å². The van der Waals surface area contributed by atoms with Crippen LogP contribution in [0.15, 0.2) is 17.1 Å². The van der Waals surface area contributed by atoms with Crippen LogP contribution in [-0.2, 0) is 11.3 Å². The molecule has 0 atom stereocenters. The number of nitrogens with zero attached hydrogens (tertiary/aromatic N) is 2. The fourth-order valence-electron chi connectivity index (χ4n) is 1.37. The maximum Gasteiger partial charge on any atom is 0.269 e. The number of amides is 1. The number of carbonyl (C=O) groups is 1. The van der Waals surface area contributed by atoms with Crippen molar-refractivity contribution in [2.24, 2.45) is 0 Å². The third kappa shape index (κ3) is 4.57. The normalized spacial score (nSPS) is 10.1. The minimum absolute atomic E-state index is 0.0348. The van der Waals surface area contributed by atoms with E-state index >= 15 is 0 Å². The van der Waals surface area contributed by atoms with E-state index in [-0.39, 0.29) is 18.0 Å². The molecule has 6 heteroatoms. The highest BCUT2D eigenvalue weighted by Gasteiger charge is 2.05. The highest BCUT2D eigenvalue weighted by atomic mass is 16.2. The molecule has 6 nitrogen and oxygen atoms in total. The van der Waals surface area contributed by atoms with Crippen LogP contribution in [0.4, 0.5) is 5.69 Å². The highest BCUT2D eigenvalue weighted by Crippen LogP contribution is 1.99. The summed E-state index contributed by atoms with van der Waals surface area (Å²) in [6, 6.07) is 1.45. The molecule has 0 saturated carbocycles. The lowest BCUT2D eigenvalue weighted by atomic mass is 10.4. The number of carbonyl (C=O) groups excluding carboxylic acids is 1. The van der Waals surface area contributed by atoms with Gasteiger partial charge in [-0.25, -0.2) is 4.68 Å². The Labute approximate surface area is 106 Å². The van der Waals surface area contributed by atoms with Crippen molar-refractivity contribution in [3.8, 4) is 0 Å². The standard InChI is InChI=1S/C12H20N4O2/c1-3-5-13-10-7-12(18)16(15-8-10)9-11(17)14-6-4-2/h7-8,13H,3-6,9H2,1-2H3,(H,14,17). The van der Waals surface area contributed by atoms with Crippen molar-refractivity contribution in [2.45, 2.75) is 33.2 Å². The van der Waals surface area contributed by atoms with Gasteiger partial charge in [0.25, 0.3) is 5.56 Å². The van der Waals surface area contributed by atoms with Crippen molar-refractivity contribution >= 4 is 11.6 Å². The summed E-state index contributed by atoms with van der Waals surface area (Å²) in [5.74, 6) is -0.194. The van der Waals surface area contributed by atoms with E-state index in [1.807, 2.05) is 13.8 Å². The first kappa shape index (κ1) is 14.2. The summed E-state index contributed by atoms with van der Waals surface area (Å²) in [5, 5.41) is 9.74. The summed E-state index contributed by atoms with van der Waals surface area (Å²) >= 11 is 0. The van der Waals surface area contributed by atoms with E-state index in [0.29, 0.717) is 12.2 Å². The smallest absolute Gasteiger partial charge is 0.269 e. The number of nitrogens with one attached hydrogen (secondary N) is 2. The largest absolute Gasteiger partial charge is 0.384 e. The van der Waals surface area contributed by atoms with E-state index in [9.17, 15) is 9.59 Å². The Morgan fingerprint density at radius 3 is 2.67 bits per heavy atom. The predicted molar refractivity (Wildman–Crippen MR) is 70.6 cm³/mol. The third-order valence-electron chi connectivity index (χ3n) is 2.31. The van der Waals surface area contributed by atoms with Gasteiger partial charge in [-0.05, 0) is 12.8 Å². The van der Waals surface area contributed by atoms with E-state index in [4.69, 9.17) is 0 Å². The lowest BCUT2D eigenvalue weighted by Crippen LogP contribution is -2.33. The summed E-state index contributed by atoms with van der Waals surface area (Å²) in [6.07, 6.45) is 3.40. The molecular weight excluding hydrogens is 232 g/mol. The van der Waals surface area contributed by atoms with Crippen LogP contribution in [0.5, 0.6) is 0 Å². The summed E-state index contributed by atoms with van der Waals surface area (Å²) in [4.78, 5) is 23.1. The summed E-state index contributed by atoms with van der Waals surface area (Å²) < 4.78 is 1.15. The second kappa shape index (κ2) is 7.47. The van der Waals surface area contributed by atoms with Crippen LogP contribution in [0, 0.1) is 0 Å². The molecule has 0 aromatic carbocycles. The minimum Gasteiger partial charge on any atom is -0.384 e. The van der Waals surface area contributed by atoms with Crippen molar-refractivity contribution < 1.29 is 4.79 Å². The SMILES string of the molecule is CCCNC(=O)Cn1ncc(NCCC)cc1=O. The molecular formula is C12H20N4O2. The first-order valence-corrected chi connectivity index (χ1v) is 6.25. The molecule has 1 aromatic rings. The van der Waals surface area contributed by atoms with Crippen LogP contribution >= 0.6 is 0 Å². The molecule has 1 rings (SSSR count). The molecule has 1 amide bonds. The van der Waals surface area contributed by atoms with Gasteiger partial charge in [-0.1, -0.05) is 13.8 Å². The van der Waals surface area contributed by atoms with Gasteiger partial charge < -0.3 is 10.6 Å². The Bertz CT molecular complexity index is 442. The second-order valence-corrected chi connectivity index (χ2v) is 4.02. The molecule has 0 spiro atoms. The molecule has 1 aromatic heterocycles. The maximum absolute atomic E-state index is 11.7. The lowest BCUT2D eigenvalue weighted by Gasteiger charge is -2.07. The topological polar surface area (TPSA) is 76.0 Å². The van der Waals surface area contributed by atoms with Crippen LogP contribution < -0.4 is 16.2 Å². The zero-order valence-corrected chi connectivity index (χ0v) is 10.9. The van der Waals surface area contributed by atoms with Crippen molar-refractivity contribution in [1.29, 1.82) is 0 Å². The summed E-state index contributed by atoms with van der Waals surface area (Å²) in [6.45, 7) is 5.39. The van der Waals surface area contributed by atoms with E-state index in [1.165, 1.54) is 6.07 Å². The van der Waals surface area contributed by atoms with Gasteiger partial charge in [-0.2, -0.15) is 5.10 Å². The van der Waals surface area contributed by atoms with Crippen LogP contribution in [0.25, 0.3) is 0 Å². The van der Waals surface area contributed by atoms with Crippen LogP contribution in [-0.4, -0.2) is 28.8 Å². The van der Waals surface area contributed by atoms with E-state index < -0.39 is 0 Å². The highest BCUT2D eigenvalue weighted by molar-refractivity contribution is 5.75. The van der Waals surface area contributed by atoms with Gasteiger partial charge >= 0.3 is 0 Å². The molecule has 0 aliphatic rings. The average Bonchev–Trinajstić information content (AvgIpc) is 2.36. The molecule has 0 fully saturated rings. The number of hydrogen-bond donors (Lipinski definition) is 2. The summed E-state index contributed by atoms with van der Waals surface area (Å²) in [5.41, 5.74) is 0.412. The predicted octanol–water partition coefficient (Wildman–Crippen LogP) is 0.591. The Morgan fingerprint density at radius 2 is 2.06 bits per heavy atom. The molecule has 0 saturated heterocycles. The van der Waals surface area contributed by atoms with Crippen molar-refractivity contribution in [2.75, 3.05) is 18.4 Å². The molecule has 2 N–H and O–H groups in total. The fourth-order valence-corrected chi connectivity index (χ4v) is 1.37. The molecule has 18 heavy (non-hydrogen) atoms. The van der Waals surface area contributed by atoms with Gasteiger partial charge in [0.05, 0.1) is 11.9 Å². The Balaban J connectivity index is 2.62. The van der Waals surface area contributed by atoms with Gasteiger partial charge in [0.15, 0.2) is 0 Å². The molecule has 0 unspecified atom stereocenters. The zero-order valence-electron chi connectivity index (χ0n) is 10.9. The number of aromatic nitrogens is 2. The maximum atomic E-state index is 11.7. The first-order valence-electron chi connectivity index (χ1n) is 6.25. The van der Waals surface area contributed by atoms with Gasteiger partial charge in [-0.3, -0.25) is 9.59 Å². The van der Waals surface area contributed by atoms with Crippen molar-refractivity contribution in [3.05, 3.63) is 22.6 Å². The fraction of sp³-hybridized carbons (Fsp3) is 0.583. The average molecular weight is 252 g/mol. The Hall–Kier alpha value is -1.85. The van der Waals surface area contributed by atoms with Gasteiger partial charge in [0.2, 0.25) is 5.91 Å². The van der Waals surface area contributed by atoms with Crippen LogP contribution in [0.2, 0.25) is 0 Å². The number of rotatable bonds is 7. The molecule has 0 radical (unpaired) electrons. The molecule has 1 heterocycles.